The average Bonchev–Trinajstić information content (AvgIpc) is 2.75. The summed E-state index contributed by atoms with van der Waals surface area (Å²) in [6.07, 6.45) is 0.634. The largest absolute Gasteiger partial charge is 0.391 e. The summed E-state index contributed by atoms with van der Waals surface area (Å²) in [7, 11) is -3.25. The van der Waals surface area contributed by atoms with Crippen LogP contribution in [0.5, 0.6) is 0 Å². The standard InChI is InChI=1S/C15H16N2O4S2/c1-2-7-17-14(19)10-5-3-4-6-11(10)16-15(17)22-13-9-23(20,21)8-12(13)18/h2-6,12-13,18H,1,7-9H2/t12-,13-/m1/s1. The first-order valence-corrected chi connectivity index (χ1v) is 9.77. The van der Waals surface area contributed by atoms with Crippen LogP contribution in [0.25, 0.3) is 10.9 Å². The maximum absolute atomic E-state index is 12.6. The smallest absolute Gasteiger partial charge is 0.262 e. The van der Waals surface area contributed by atoms with Crippen LogP contribution in [0.1, 0.15) is 0 Å². The van der Waals surface area contributed by atoms with Crippen molar-refractivity contribution in [1.82, 2.24) is 9.55 Å². The highest BCUT2D eigenvalue weighted by Gasteiger charge is 2.38. The lowest BCUT2D eigenvalue weighted by molar-refractivity contribution is 0.207. The molecule has 1 aromatic carbocycles. The van der Waals surface area contributed by atoms with Gasteiger partial charge in [-0.3, -0.25) is 9.36 Å². The third kappa shape index (κ3) is 3.19. The van der Waals surface area contributed by atoms with Crippen LogP contribution in [-0.2, 0) is 16.4 Å². The number of hydrogen-bond donors (Lipinski definition) is 1. The summed E-state index contributed by atoms with van der Waals surface area (Å²) < 4.78 is 24.8. The first-order chi connectivity index (χ1) is 10.9. The Morgan fingerprint density at radius 3 is 2.78 bits per heavy atom. The topological polar surface area (TPSA) is 89.3 Å². The minimum atomic E-state index is -3.25. The molecular weight excluding hydrogens is 336 g/mol. The number of rotatable bonds is 4. The van der Waals surface area contributed by atoms with Gasteiger partial charge in [-0.2, -0.15) is 0 Å². The van der Waals surface area contributed by atoms with Gasteiger partial charge in [0.25, 0.3) is 5.56 Å². The molecule has 1 fully saturated rings. The van der Waals surface area contributed by atoms with Crippen LogP contribution >= 0.6 is 11.8 Å². The Morgan fingerprint density at radius 1 is 1.39 bits per heavy atom. The van der Waals surface area contributed by atoms with Gasteiger partial charge in [0, 0.05) is 6.54 Å². The Bertz CT molecular complexity index is 921. The minimum Gasteiger partial charge on any atom is -0.391 e. The molecule has 0 radical (unpaired) electrons. The molecule has 6 nitrogen and oxygen atoms in total. The summed E-state index contributed by atoms with van der Waals surface area (Å²) in [4.78, 5) is 17.1. The Labute approximate surface area is 137 Å². The molecule has 0 unspecified atom stereocenters. The number of aliphatic hydroxyl groups excluding tert-OH is 1. The summed E-state index contributed by atoms with van der Waals surface area (Å²) >= 11 is 1.13. The van der Waals surface area contributed by atoms with Crippen LogP contribution < -0.4 is 5.56 Å². The normalized spacial score (nSPS) is 23.2. The van der Waals surface area contributed by atoms with E-state index in [0.29, 0.717) is 16.1 Å². The van der Waals surface area contributed by atoms with Gasteiger partial charge in [-0.1, -0.05) is 30.0 Å². The van der Waals surface area contributed by atoms with Crippen molar-refractivity contribution in [1.29, 1.82) is 0 Å². The molecule has 2 atom stereocenters. The average molecular weight is 352 g/mol. The number of allylic oxidation sites excluding steroid dienone is 1. The zero-order valence-electron chi connectivity index (χ0n) is 12.3. The van der Waals surface area contributed by atoms with Gasteiger partial charge < -0.3 is 5.11 Å². The predicted octanol–water partition coefficient (Wildman–Crippen LogP) is 0.832. The van der Waals surface area contributed by atoms with Gasteiger partial charge in [-0.05, 0) is 12.1 Å². The number of aliphatic hydroxyl groups is 1. The van der Waals surface area contributed by atoms with Gasteiger partial charge >= 0.3 is 0 Å². The van der Waals surface area contributed by atoms with Gasteiger partial charge in [-0.15, -0.1) is 6.58 Å². The number of benzene rings is 1. The van der Waals surface area contributed by atoms with E-state index in [1.165, 1.54) is 4.57 Å². The van der Waals surface area contributed by atoms with Gasteiger partial charge in [0.05, 0.1) is 33.8 Å². The van der Waals surface area contributed by atoms with Crippen molar-refractivity contribution in [3.05, 3.63) is 47.3 Å². The lowest BCUT2D eigenvalue weighted by Crippen LogP contribution is -2.26. The number of sulfone groups is 1. The molecule has 2 aromatic rings. The zero-order valence-corrected chi connectivity index (χ0v) is 13.9. The van der Waals surface area contributed by atoms with Crippen molar-refractivity contribution < 1.29 is 13.5 Å². The molecule has 3 rings (SSSR count). The Hall–Kier alpha value is -1.64. The lowest BCUT2D eigenvalue weighted by atomic mass is 10.2. The second-order valence-electron chi connectivity index (χ2n) is 5.42. The van der Waals surface area contributed by atoms with Crippen LogP contribution in [0, 0.1) is 0 Å². The molecule has 0 spiro atoms. The Morgan fingerprint density at radius 2 is 2.13 bits per heavy atom. The van der Waals surface area contributed by atoms with E-state index in [1.54, 1.807) is 30.3 Å². The molecule has 1 aromatic heterocycles. The monoisotopic (exact) mass is 352 g/mol. The molecular formula is C15H16N2O4S2. The number of thioether (sulfide) groups is 1. The van der Waals surface area contributed by atoms with E-state index in [9.17, 15) is 18.3 Å². The second kappa shape index (κ2) is 6.10. The van der Waals surface area contributed by atoms with Gasteiger partial charge in [0.15, 0.2) is 15.0 Å². The van der Waals surface area contributed by atoms with Crippen LogP contribution in [0.2, 0.25) is 0 Å². The molecule has 0 aliphatic carbocycles. The zero-order chi connectivity index (χ0) is 16.6. The van der Waals surface area contributed by atoms with Gasteiger partial charge in [-0.25, -0.2) is 13.4 Å². The highest BCUT2D eigenvalue weighted by molar-refractivity contribution is 8.01. The van der Waals surface area contributed by atoms with Crippen LogP contribution in [0.3, 0.4) is 0 Å². The van der Waals surface area contributed by atoms with Gasteiger partial charge in [0.2, 0.25) is 0 Å². The molecule has 8 heteroatoms. The number of nitrogens with zero attached hydrogens (tertiary/aromatic N) is 2. The fourth-order valence-corrected chi connectivity index (χ4v) is 6.16. The molecule has 0 bridgehead atoms. The van der Waals surface area contributed by atoms with E-state index in [4.69, 9.17) is 0 Å². The Kier molecular flexibility index (Phi) is 4.31. The summed E-state index contributed by atoms with van der Waals surface area (Å²) in [5, 5.41) is 10.3. The molecule has 1 saturated heterocycles. The van der Waals surface area contributed by atoms with E-state index in [1.807, 2.05) is 0 Å². The number of aromatic nitrogens is 2. The highest BCUT2D eigenvalue weighted by Crippen LogP contribution is 2.30. The fraction of sp³-hybridized carbons (Fsp3) is 0.333. The van der Waals surface area contributed by atoms with Crippen LogP contribution in [-0.4, -0.2) is 45.9 Å². The third-order valence-electron chi connectivity index (χ3n) is 3.67. The number of fused-ring (bicyclic) bond motifs is 1. The quantitative estimate of drug-likeness (QED) is 0.648. The first-order valence-electron chi connectivity index (χ1n) is 7.07. The molecule has 122 valence electrons. The van der Waals surface area contributed by atoms with Crippen molar-refractivity contribution in [3.8, 4) is 0 Å². The van der Waals surface area contributed by atoms with E-state index in [2.05, 4.69) is 11.6 Å². The maximum atomic E-state index is 12.6. The second-order valence-corrected chi connectivity index (χ2v) is 8.78. The van der Waals surface area contributed by atoms with E-state index in [-0.39, 0.29) is 23.6 Å². The summed E-state index contributed by atoms with van der Waals surface area (Å²) in [6.45, 7) is 3.92. The highest BCUT2D eigenvalue weighted by atomic mass is 32.2. The van der Waals surface area contributed by atoms with Crippen molar-refractivity contribution in [2.24, 2.45) is 0 Å². The van der Waals surface area contributed by atoms with Crippen molar-refractivity contribution >= 4 is 32.5 Å². The van der Waals surface area contributed by atoms with E-state index >= 15 is 0 Å². The number of para-hydroxylation sites is 1. The predicted molar refractivity (Wildman–Crippen MR) is 90.5 cm³/mol. The fourth-order valence-electron chi connectivity index (χ4n) is 2.57. The molecule has 1 aliphatic rings. The number of hydrogen-bond acceptors (Lipinski definition) is 6. The molecule has 1 N–H and O–H groups in total. The summed E-state index contributed by atoms with van der Waals surface area (Å²) in [6, 6.07) is 6.99. The first kappa shape index (κ1) is 16.2. The van der Waals surface area contributed by atoms with E-state index in [0.717, 1.165) is 11.8 Å². The summed E-state index contributed by atoms with van der Waals surface area (Å²) in [5.41, 5.74) is 0.351. The van der Waals surface area contributed by atoms with Crippen LogP contribution in [0.4, 0.5) is 0 Å². The Balaban J connectivity index is 2.07. The van der Waals surface area contributed by atoms with Crippen molar-refractivity contribution in [2.45, 2.75) is 23.1 Å². The van der Waals surface area contributed by atoms with Crippen molar-refractivity contribution in [2.75, 3.05) is 11.5 Å². The maximum Gasteiger partial charge on any atom is 0.262 e. The molecule has 1 aliphatic heterocycles. The minimum absolute atomic E-state index is 0.115. The van der Waals surface area contributed by atoms with E-state index < -0.39 is 21.2 Å². The van der Waals surface area contributed by atoms with Gasteiger partial charge in [0.1, 0.15) is 0 Å². The molecule has 23 heavy (non-hydrogen) atoms. The van der Waals surface area contributed by atoms with Crippen molar-refractivity contribution in [3.63, 3.8) is 0 Å². The summed E-state index contributed by atoms with van der Waals surface area (Å²) in [5.74, 6) is -0.362. The third-order valence-corrected chi connectivity index (χ3v) is 6.90. The molecule has 2 heterocycles. The lowest BCUT2D eigenvalue weighted by Gasteiger charge is -2.16. The molecule has 0 saturated carbocycles. The molecule has 0 amide bonds. The SMILES string of the molecule is C=CCn1c(S[C@@H]2CS(=O)(=O)C[C@H]2O)nc2ccccc2c1=O. The van der Waals surface area contributed by atoms with Crippen LogP contribution in [0.15, 0.2) is 46.9 Å².